The third-order valence-electron chi connectivity index (χ3n) is 7.51. The van der Waals surface area contributed by atoms with E-state index >= 15 is 0 Å². The molecule has 42 heavy (non-hydrogen) atoms. The van der Waals surface area contributed by atoms with Gasteiger partial charge in [0.2, 0.25) is 0 Å². The minimum absolute atomic E-state index is 0. The van der Waals surface area contributed by atoms with Gasteiger partial charge in [0.1, 0.15) is 0 Å². The van der Waals surface area contributed by atoms with E-state index in [1.54, 1.807) is 0 Å². The summed E-state index contributed by atoms with van der Waals surface area (Å²) in [6.07, 6.45) is 0. The zero-order valence-electron chi connectivity index (χ0n) is 21.5. The van der Waals surface area contributed by atoms with Crippen molar-refractivity contribution in [3.8, 4) is 45.6 Å². The number of hydrogen-bond donors (Lipinski definition) is 2. The Morgan fingerprint density at radius 2 is 0.786 bits per heavy atom. The molecule has 0 saturated carbocycles. The summed E-state index contributed by atoms with van der Waals surface area (Å²) in [5.41, 5.74) is 6.25. The molecular weight excluding hydrogens is 614 g/mol. The summed E-state index contributed by atoms with van der Waals surface area (Å²) in [6, 6.07) is 30.0. The number of aromatic nitrogens is 8. The predicted molar refractivity (Wildman–Crippen MR) is 156 cm³/mol. The number of aromatic amines is 2. The van der Waals surface area contributed by atoms with Gasteiger partial charge in [-0.3, -0.25) is 0 Å². The molecule has 0 fully saturated rings. The Kier molecular flexibility index (Phi) is 5.59. The van der Waals surface area contributed by atoms with E-state index in [2.05, 4.69) is 9.97 Å². The summed E-state index contributed by atoms with van der Waals surface area (Å²) in [4.78, 5) is 36.8. The van der Waals surface area contributed by atoms with Crippen LogP contribution in [0.5, 0.6) is 0 Å². The van der Waals surface area contributed by atoms with E-state index in [1.165, 1.54) is 0 Å². The number of H-pyrrole nitrogens is 2. The third kappa shape index (κ3) is 3.66. The van der Waals surface area contributed by atoms with E-state index in [0.717, 1.165) is 48.3 Å². The first-order valence-electron chi connectivity index (χ1n) is 13.1. The van der Waals surface area contributed by atoms with Gasteiger partial charge in [0.25, 0.3) is 0 Å². The molecule has 2 aliphatic rings. The molecule has 1 radical (unpaired) electrons. The second-order valence-electron chi connectivity index (χ2n) is 9.88. The van der Waals surface area contributed by atoms with Crippen LogP contribution in [0.2, 0.25) is 0 Å². The second kappa shape index (κ2) is 9.39. The first-order chi connectivity index (χ1) is 20.2. The van der Waals surface area contributed by atoms with Crippen molar-refractivity contribution >= 4 is 48.6 Å². The van der Waals surface area contributed by atoms with Crippen LogP contribution < -0.4 is 4.50 Å². The van der Waals surface area contributed by atoms with Crippen molar-refractivity contribution in [2.75, 3.05) is 0 Å². The van der Waals surface area contributed by atoms with E-state index in [0.29, 0.717) is 45.9 Å². The van der Waals surface area contributed by atoms with Crippen LogP contribution in [-0.4, -0.2) is 39.9 Å². The summed E-state index contributed by atoms with van der Waals surface area (Å²) in [7, 11) is 0. The molecule has 0 unspecified atom stereocenters. The molecule has 0 saturated heterocycles. The minimum atomic E-state index is 0. The Balaban J connectivity index is 0.00000267. The SMILES string of the molecule is [Co].[Co][c]1cccc2c3nc4nc(nc5[nH]c(nc6nc(nc([nH]3)c12)-c1ccccc1-6)c1ccccc51)-c1ccccc1-4. The standard InChI is InChI=1S/C32H17N8.2Co/c1-2-10-18-17(9-1)25-33-26(18)38-28-21-13-5-6-14-22(21)30(35-28)40-32-24-16-8-7-15-23(24)31(36-32)39-29-20-12-4-3-11-19(20)27(34-29)37-25;;/h1-15H,(H2,33,34,35,36,37,38,39,40);;. The zero-order valence-corrected chi connectivity index (χ0v) is 23.6. The molecule has 9 rings (SSSR count). The molecule has 0 atom stereocenters. The molecule has 8 bridgehead atoms. The fraction of sp³-hybridized carbons (Fsp3) is 0. The van der Waals surface area contributed by atoms with Gasteiger partial charge in [-0.25, -0.2) is 0 Å². The van der Waals surface area contributed by atoms with Gasteiger partial charge in [0.15, 0.2) is 0 Å². The van der Waals surface area contributed by atoms with Crippen LogP contribution in [0.3, 0.4) is 0 Å². The average molecular weight is 631 g/mol. The molecule has 0 spiro atoms. The van der Waals surface area contributed by atoms with Crippen molar-refractivity contribution in [2.24, 2.45) is 0 Å². The van der Waals surface area contributed by atoms with Crippen molar-refractivity contribution in [3.05, 3.63) is 91.0 Å². The van der Waals surface area contributed by atoms with Crippen LogP contribution in [0.25, 0.3) is 89.7 Å². The van der Waals surface area contributed by atoms with E-state index in [9.17, 15) is 0 Å². The van der Waals surface area contributed by atoms with E-state index < -0.39 is 0 Å². The van der Waals surface area contributed by atoms with Crippen molar-refractivity contribution in [1.29, 1.82) is 0 Å². The van der Waals surface area contributed by atoms with Crippen LogP contribution in [0.1, 0.15) is 0 Å². The van der Waals surface area contributed by atoms with Gasteiger partial charge in [-0.15, -0.1) is 0 Å². The Morgan fingerprint density at radius 1 is 0.405 bits per heavy atom. The van der Waals surface area contributed by atoms with Gasteiger partial charge in [0, 0.05) is 16.8 Å². The Morgan fingerprint density at radius 3 is 1.29 bits per heavy atom. The quantitative estimate of drug-likeness (QED) is 0.211. The monoisotopic (exact) mass is 631 g/mol. The van der Waals surface area contributed by atoms with E-state index in [4.69, 9.17) is 45.6 Å². The van der Waals surface area contributed by atoms with E-state index in [1.807, 2.05) is 91.0 Å². The maximum absolute atomic E-state index is 5.03. The van der Waals surface area contributed by atoms with Crippen LogP contribution in [0.15, 0.2) is 91.0 Å². The number of hydrogen-bond acceptors (Lipinski definition) is 6. The number of nitrogens with one attached hydrogen (secondary N) is 2. The summed E-state index contributed by atoms with van der Waals surface area (Å²) in [6.45, 7) is 0. The zero-order chi connectivity index (χ0) is 27.1. The Labute approximate surface area is 256 Å². The van der Waals surface area contributed by atoms with Crippen molar-refractivity contribution in [2.45, 2.75) is 0 Å². The van der Waals surface area contributed by atoms with Gasteiger partial charge in [-0.2, -0.15) is 0 Å². The van der Waals surface area contributed by atoms with Crippen LogP contribution >= 0.6 is 0 Å². The summed E-state index contributed by atoms with van der Waals surface area (Å²) < 4.78 is 0.784. The molecule has 8 nitrogen and oxygen atoms in total. The fourth-order valence-electron chi connectivity index (χ4n) is 5.63. The molecule has 10 heteroatoms. The molecule has 2 N–H and O–H groups in total. The number of benzene rings is 4. The fourth-order valence-corrected chi connectivity index (χ4v) is 6.00. The van der Waals surface area contributed by atoms with Crippen molar-refractivity contribution < 1.29 is 32.5 Å². The maximum atomic E-state index is 5.03. The van der Waals surface area contributed by atoms with Gasteiger partial charge in [-0.1, -0.05) is 6.07 Å². The number of fused-ring (bicyclic) bond motifs is 20. The van der Waals surface area contributed by atoms with Gasteiger partial charge >= 0.3 is 235 Å². The molecule has 2 aliphatic heterocycles. The van der Waals surface area contributed by atoms with Crippen LogP contribution in [0.4, 0.5) is 0 Å². The summed E-state index contributed by atoms with van der Waals surface area (Å²) >= 11 is 4.84. The van der Waals surface area contributed by atoms with Crippen molar-refractivity contribution in [1.82, 2.24) is 39.9 Å². The van der Waals surface area contributed by atoms with Gasteiger partial charge < -0.3 is 0 Å². The molecule has 0 amide bonds. The molecule has 5 heterocycles. The molecule has 7 aromatic rings. The molecule has 0 aliphatic carbocycles. The second-order valence-corrected chi connectivity index (χ2v) is 10.4. The predicted octanol–water partition coefficient (Wildman–Crippen LogP) is 6.04. The summed E-state index contributed by atoms with van der Waals surface area (Å²) in [5.74, 6) is 2.30. The molecule has 203 valence electrons. The first kappa shape index (κ1) is 25.0. The van der Waals surface area contributed by atoms with Crippen LogP contribution in [0, 0.1) is 0 Å². The van der Waals surface area contributed by atoms with Gasteiger partial charge in [-0.05, 0) is 0 Å². The molecule has 3 aromatic heterocycles. The third-order valence-corrected chi connectivity index (χ3v) is 7.94. The average Bonchev–Trinajstić information content (AvgIpc) is 3.73. The van der Waals surface area contributed by atoms with Gasteiger partial charge in [0.05, 0.1) is 0 Å². The van der Waals surface area contributed by atoms with E-state index in [-0.39, 0.29) is 16.8 Å². The molecular formula is C32H17Co2N8. The first-order valence-corrected chi connectivity index (χ1v) is 13.6. The Hall–Kier alpha value is -4.75. The van der Waals surface area contributed by atoms with Crippen molar-refractivity contribution in [3.63, 3.8) is 0 Å². The Bertz CT molecular complexity index is 2400. The number of nitrogens with zero attached hydrogens (tertiary/aromatic N) is 6. The molecule has 4 aromatic carbocycles. The number of rotatable bonds is 0. The summed E-state index contributed by atoms with van der Waals surface area (Å²) in [5, 5.41) is 3.65. The topological polar surface area (TPSA) is 109 Å². The normalized spacial score (nSPS) is 11.8. The van der Waals surface area contributed by atoms with Crippen LogP contribution in [-0.2, 0) is 32.5 Å².